The Morgan fingerprint density at radius 2 is 2.12 bits per heavy atom. The molecule has 0 aliphatic heterocycles. The molecule has 0 atom stereocenters. The monoisotopic (exact) mass is 340 g/mol. The molecule has 3 rings (SSSR count). The van der Waals surface area contributed by atoms with E-state index in [-0.39, 0.29) is 17.5 Å². The van der Waals surface area contributed by atoms with Crippen LogP contribution < -0.4 is 15.7 Å². The molecule has 2 heterocycles. The van der Waals surface area contributed by atoms with Crippen molar-refractivity contribution in [1.29, 1.82) is 0 Å². The van der Waals surface area contributed by atoms with E-state index in [1.807, 2.05) is 0 Å². The second-order valence-corrected chi connectivity index (χ2v) is 5.27. The molecule has 0 aliphatic carbocycles. The van der Waals surface area contributed by atoms with Crippen LogP contribution in [0, 0.1) is 6.92 Å². The van der Waals surface area contributed by atoms with Gasteiger partial charge < -0.3 is 20.1 Å². The molecule has 25 heavy (non-hydrogen) atoms. The first kappa shape index (κ1) is 16.3. The van der Waals surface area contributed by atoms with Gasteiger partial charge in [0.1, 0.15) is 11.4 Å². The van der Waals surface area contributed by atoms with Gasteiger partial charge in [0.05, 0.1) is 18.5 Å². The molecule has 0 aliphatic rings. The standard InChI is InChI=1S/C17H16N4O4/c1-10-16(23)21(17(24)19-10)13-7-6-11(9-14(13)25-2)20-15(22)12-5-3-4-8-18-12/h3-9,23H,1-2H3,(H,19,24)(H,20,22). The minimum Gasteiger partial charge on any atom is -0.494 e. The number of H-pyrrole nitrogens is 1. The van der Waals surface area contributed by atoms with Gasteiger partial charge in [-0.25, -0.2) is 9.36 Å². The molecule has 0 bridgehead atoms. The molecule has 1 amide bonds. The van der Waals surface area contributed by atoms with Gasteiger partial charge in [0.25, 0.3) is 5.91 Å². The van der Waals surface area contributed by atoms with Crippen molar-refractivity contribution in [3.63, 3.8) is 0 Å². The van der Waals surface area contributed by atoms with E-state index in [1.54, 1.807) is 43.3 Å². The summed E-state index contributed by atoms with van der Waals surface area (Å²) in [6, 6.07) is 9.77. The molecule has 0 radical (unpaired) electrons. The minimum atomic E-state index is -0.487. The maximum atomic E-state index is 12.2. The lowest BCUT2D eigenvalue weighted by molar-refractivity contribution is 0.102. The first-order valence-corrected chi connectivity index (χ1v) is 7.42. The van der Waals surface area contributed by atoms with Crippen LogP contribution in [0.2, 0.25) is 0 Å². The molecule has 2 aromatic heterocycles. The number of aryl methyl sites for hydroxylation is 1. The van der Waals surface area contributed by atoms with Gasteiger partial charge in [-0.15, -0.1) is 0 Å². The smallest absolute Gasteiger partial charge is 0.333 e. The number of aromatic nitrogens is 3. The Balaban J connectivity index is 1.95. The fraction of sp³-hybridized carbons (Fsp3) is 0.118. The van der Waals surface area contributed by atoms with Gasteiger partial charge in [-0.3, -0.25) is 9.78 Å². The summed E-state index contributed by atoms with van der Waals surface area (Å²) in [5, 5.41) is 12.8. The van der Waals surface area contributed by atoms with Crippen LogP contribution in [0.3, 0.4) is 0 Å². The molecule has 0 saturated heterocycles. The van der Waals surface area contributed by atoms with Crippen LogP contribution in [0.4, 0.5) is 5.69 Å². The molecule has 3 N–H and O–H groups in total. The number of pyridine rings is 1. The summed E-state index contributed by atoms with van der Waals surface area (Å²) in [6.07, 6.45) is 1.53. The second kappa shape index (κ2) is 6.52. The van der Waals surface area contributed by atoms with Gasteiger partial charge in [0.15, 0.2) is 0 Å². The number of anilines is 1. The number of aromatic hydroxyl groups is 1. The highest BCUT2D eigenvalue weighted by Crippen LogP contribution is 2.29. The Labute approximate surface area is 142 Å². The highest BCUT2D eigenvalue weighted by molar-refractivity contribution is 6.03. The lowest BCUT2D eigenvalue weighted by Gasteiger charge is -2.12. The van der Waals surface area contributed by atoms with E-state index in [0.29, 0.717) is 22.8 Å². The van der Waals surface area contributed by atoms with Gasteiger partial charge in [0, 0.05) is 18.0 Å². The largest absolute Gasteiger partial charge is 0.494 e. The lowest BCUT2D eigenvalue weighted by Crippen LogP contribution is -2.16. The molecular weight excluding hydrogens is 324 g/mol. The van der Waals surface area contributed by atoms with Crippen LogP contribution in [0.25, 0.3) is 5.69 Å². The summed E-state index contributed by atoms with van der Waals surface area (Å²) in [4.78, 5) is 30.7. The summed E-state index contributed by atoms with van der Waals surface area (Å²) in [5.74, 6) is -0.253. The van der Waals surface area contributed by atoms with Crippen molar-refractivity contribution in [2.75, 3.05) is 12.4 Å². The van der Waals surface area contributed by atoms with Gasteiger partial charge in [-0.05, 0) is 31.2 Å². The molecule has 0 fully saturated rings. The SMILES string of the molecule is COc1cc(NC(=O)c2ccccn2)ccc1-n1c(O)c(C)[nH]c1=O. The summed E-state index contributed by atoms with van der Waals surface area (Å²) in [6.45, 7) is 1.58. The predicted molar refractivity (Wildman–Crippen MR) is 91.5 cm³/mol. The Kier molecular flexibility index (Phi) is 4.25. The Morgan fingerprint density at radius 1 is 1.32 bits per heavy atom. The normalized spacial score (nSPS) is 10.5. The van der Waals surface area contributed by atoms with Crippen LogP contribution in [0.1, 0.15) is 16.2 Å². The third kappa shape index (κ3) is 3.09. The number of hydrogen-bond acceptors (Lipinski definition) is 5. The van der Waals surface area contributed by atoms with Crippen molar-refractivity contribution in [3.05, 3.63) is 64.5 Å². The molecule has 8 nitrogen and oxygen atoms in total. The van der Waals surface area contributed by atoms with Crippen molar-refractivity contribution >= 4 is 11.6 Å². The number of nitrogens with zero attached hydrogens (tertiary/aromatic N) is 2. The van der Waals surface area contributed by atoms with E-state index >= 15 is 0 Å². The lowest BCUT2D eigenvalue weighted by atomic mass is 10.2. The molecule has 8 heteroatoms. The first-order chi connectivity index (χ1) is 12.0. The highest BCUT2D eigenvalue weighted by Gasteiger charge is 2.16. The average Bonchev–Trinajstić information content (AvgIpc) is 2.88. The van der Waals surface area contributed by atoms with Gasteiger partial charge >= 0.3 is 5.69 Å². The van der Waals surface area contributed by atoms with E-state index in [2.05, 4.69) is 15.3 Å². The molecule has 0 unspecified atom stereocenters. The average molecular weight is 340 g/mol. The number of carbonyl (C=O) groups excluding carboxylic acids is 1. The van der Waals surface area contributed by atoms with Crippen LogP contribution in [-0.2, 0) is 0 Å². The summed E-state index contributed by atoms with van der Waals surface area (Å²) < 4.78 is 6.39. The van der Waals surface area contributed by atoms with E-state index in [4.69, 9.17) is 4.74 Å². The number of hydrogen-bond donors (Lipinski definition) is 3. The number of benzene rings is 1. The quantitative estimate of drug-likeness (QED) is 0.671. The van der Waals surface area contributed by atoms with Crippen LogP contribution in [-0.4, -0.2) is 32.7 Å². The third-order valence-corrected chi connectivity index (χ3v) is 3.62. The maximum Gasteiger partial charge on any atom is 0.333 e. The fourth-order valence-electron chi connectivity index (χ4n) is 2.39. The van der Waals surface area contributed by atoms with Crippen molar-refractivity contribution in [2.45, 2.75) is 6.92 Å². The maximum absolute atomic E-state index is 12.2. The van der Waals surface area contributed by atoms with Crippen LogP contribution in [0.5, 0.6) is 11.6 Å². The topological polar surface area (TPSA) is 109 Å². The zero-order valence-electron chi connectivity index (χ0n) is 13.6. The number of carbonyl (C=O) groups is 1. The van der Waals surface area contributed by atoms with E-state index in [0.717, 1.165) is 4.57 Å². The first-order valence-electron chi connectivity index (χ1n) is 7.42. The van der Waals surface area contributed by atoms with Crippen molar-refractivity contribution < 1.29 is 14.6 Å². The van der Waals surface area contributed by atoms with Gasteiger partial charge in [-0.2, -0.15) is 0 Å². The summed E-state index contributed by atoms with van der Waals surface area (Å²) >= 11 is 0. The number of methoxy groups -OCH3 is 1. The Bertz CT molecular complexity index is 976. The van der Waals surface area contributed by atoms with E-state index in [1.165, 1.54) is 13.3 Å². The van der Waals surface area contributed by atoms with Crippen LogP contribution in [0.15, 0.2) is 47.4 Å². The van der Waals surface area contributed by atoms with E-state index in [9.17, 15) is 14.7 Å². The Hall–Kier alpha value is -3.55. The molecule has 0 saturated carbocycles. The van der Waals surface area contributed by atoms with Crippen molar-refractivity contribution in [3.8, 4) is 17.3 Å². The predicted octanol–water partition coefficient (Wildman–Crippen LogP) is 1.84. The highest BCUT2D eigenvalue weighted by atomic mass is 16.5. The number of rotatable bonds is 4. The second-order valence-electron chi connectivity index (χ2n) is 5.27. The molecule has 128 valence electrons. The number of ether oxygens (including phenoxy) is 1. The van der Waals surface area contributed by atoms with Gasteiger partial charge in [0.2, 0.25) is 5.88 Å². The van der Waals surface area contributed by atoms with Crippen LogP contribution >= 0.6 is 0 Å². The minimum absolute atomic E-state index is 0.200. The van der Waals surface area contributed by atoms with Crippen molar-refractivity contribution in [2.24, 2.45) is 0 Å². The van der Waals surface area contributed by atoms with Gasteiger partial charge in [-0.1, -0.05) is 6.07 Å². The summed E-state index contributed by atoms with van der Waals surface area (Å²) in [7, 11) is 1.44. The zero-order valence-corrected chi connectivity index (χ0v) is 13.6. The fourth-order valence-corrected chi connectivity index (χ4v) is 2.39. The Morgan fingerprint density at radius 3 is 2.72 bits per heavy atom. The summed E-state index contributed by atoms with van der Waals surface area (Å²) in [5.41, 5.74) is 0.958. The molecule has 0 spiro atoms. The number of imidazole rings is 1. The number of aromatic amines is 1. The zero-order chi connectivity index (χ0) is 18.0. The van der Waals surface area contributed by atoms with E-state index < -0.39 is 5.69 Å². The molecule has 1 aromatic carbocycles. The van der Waals surface area contributed by atoms with Crippen molar-refractivity contribution in [1.82, 2.24) is 14.5 Å². The third-order valence-electron chi connectivity index (χ3n) is 3.62. The molecule has 3 aromatic rings. The number of amides is 1. The molecular formula is C17H16N4O4. The number of nitrogens with one attached hydrogen (secondary N) is 2.